The second-order valence-electron chi connectivity index (χ2n) is 5.54. The van der Waals surface area contributed by atoms with Crippen LogP contribution in [0.3, 0.4) is 0 Å². The highest BCUT2D eigenvalue weighted by Crippen LogP contribution is 2.42. The molecule has 0 aromatic heterocycles. The Morgan fingerprint density at radius 2 is 1.95 bits per heavy atom. The van der Waals surface area contributed by atoms with Crippen LogP contribution in [0.4, 0.5) is 0 Å². The molecule has 3 nitrogen and oxygen atoms in total. The van der Waals surface area contributed by atoms with E-state index in [1.54, 1.807) is 19.1 Å². The smallest absolute Gasteiger partial charge is 0.192 e. The lowest BCUT2D eigenvalue weighted by Crippen LogP contribution is -2.37. The van der Waals surface area contributed by atoms with Gasteiger partial charge in [0.15, 0.2) is 11.4 Å². The van der Waals surface area contributed by atoms with Crippen LogP contribution in [0.2, 0.25) is 0 Å². The van der Waals surface area contributed by atoms with E-state index in [4.69, 9.17) is 4.74 Å². The summed E-state index contributed by atoms with van der Waals surface area (Å²) in [5, 5.41) is 9.93. The van der Waals surface area contributed by atoms with E-state index in [0.29, 0.717) is 0 Å². The van der Waals surface area contributed by atoms with Gasteiger partial charge in [-0.2, -0.15) is 0 Å². The zero-order chi connectivity index (χ0) is 14.4. The topological polar surface area (TPSA) is 46.5 Å². The number of hydrogen-bond acceptors (Lipinski definition) is 3. The molecule has 19 heavy (non-hydrogen) atoms. The Labute approximate surface area is 113 Å². The number of allylic oxidation sites excluding steroid dienone is 1. The molecule has 0 saturated heterocycles. The third-order valence-electron chi connectivity index (χ3n) is 3.95. The number of phenolic OH excluding ortho intramolecular Hbond substituents is 1. The third kappa shape index (κ3) is 1.98. The predicted octanol–water partition coefficient (Wildman–Crippen LogP) is 3.18. The number of methoxy groups -OCH3 is 1. The molecule has 1 aliphatic carbocycles. The van der Waals surface area contributed by atoms with Crippen molar-refractivity contribution >= 4 is 11.4 Å². The Morgan fingerprint density at radius 3 is 2.47 bits per heavy atom. The lowest BCUT2D eigenvalue weighted by atomic mass is 9.76. The molecule has 0 unspecified atom stereocenters. The molecule has 0 amide bonds. The first-order valence-corrected chi connectivity index (χ1v) is 6.47. The third-order valence-corrected chi connectivity index (χ3v) is 3.95. The molecule has 1 aromatic rings. The summed E-state index contributed by atoms with van der Waals surface area (Å²) < 4.78 is 5.44. The average molecular weight is 260 g/mol. The minimum absolute atomic E-state index is 0.0746. The van der Waals surface area contributed by atoms with Gasteiger partial charge in [0.1, 0.15) is 5.75 Å². The van der Waals surface area contributed by atoms with Crippen molar-refractivity contribution in [3.8, 4) is 5.75 Å². The highest BCUT2D eigenvalue weighted by atomic mass is 16.5. The van der Waals surface area contributed by atoms with Gasteiger partial charge in [-0.15, -0.1) is 0 Å². The lowest BCUT2D eigenvalue weighted by molar-refractivity contribution is -0.135. The quantitative estimate of drug-likeness (QED) is 0.888. The van der Waals surface area contributed by atoms with Crippen LogP contribution in [0.5, 0.6) is 5.75 Å². The first kappa shape index (κ1) is 13.8. The average Bonchev–Trinajstić information content (AvgIpc) is 2.36. The lowest BCUT2D eigenvalue weighted by Gasteiger charge is -2.34. The van der Waals surface area contributed by atoms with E-state index >= 15 is 0 Å². The van der Waals surface area contributed by atoms with E-state index in [-0.39, 0.29) is 17.5 Å². The number of hydrogen-bond donors (Lipinski definition) is 1. The van der Waals surface area contributed by atoms with Gasteiger partial charge in [-0.1, -0.05) is 13.8 Å². The molecule has 1 N–H and O–H groups in total. The van der Waals surface area contributed by atoms with E-state index in [2.05, 4.69) is 13.8 Å². The molecule has 0 aliphatic heterocycles. The fraction of sp³-hybridized carbons (Fsp3) is 0.438. The number of benzene rings is 1. The second kappa shape index (κ2) is 4.49. The predicted molar refractivity (Wildman–Crippen MR) is 75.0 cm³/mol. The molecule has 0 fully saturated rings. The Hall–Kier alpha value is -1.61. The Morgan fingerprint density at radius 1 is 1.32 bits per heavy atom. The summed E-state index contributed by atoms with van der Waals surface area (Å²) in [4.78, 5) is 12.3. The molecule has 1 aliphatic rings. The van der Waals surface area contributed by atoms with Crippen molar-refractivity contribution in [2.75, 3.05) is 7.11 Å². The monoisotopic (exact) mass is 260 g/mol. The molecule has 2 rings (SSSR count). The van der Waals surface area contributed by atoms with Crippen molar-refractivity contribution in [3.63, 3.8) is 0 Å². The van der Waals surface area contributed by atoms with Gasteiger partial charge in [0.2, 0.25) is 0 Å². The van der Waals surface area contributed by atoms with Gasteiger partial charge in [0.25, 0.3) is 0 Å². The van der Waals surface area contributed by atoms with Crippen molar-refractivity contribution in [2.24, 2.45) is 5.92 Å². The maximum Gasteiger partial charge on any atom is 0.192 e. The van der Waals surface area contributed by atoms with Gasteiger partial charge in [0.05, 0.1) is 0 Å². The van der Waals surface area contributed by atoms with Crippen LogP contribution < -0.4 is 0 Å². The van der Waals surface area contributed by atoms with E-state index in [1.807, 2.05) is 13.0 Å². The molecule has 3 heteroatoms. The highest BCUT2D eigenvalue weighted by molar-refractivity contribution is 6.07. The molecule has 0 spiro atoms. The molecule has 0 radical (unpaired) electrons. The van der Waals surface area contributed by atoms with E-state index in [9.17, 15) is 9.90 Å². The SMILES string of the molecule is CO[C@]1(C)C(=O)C=C(C(C)C)c2cc(C)c(O)cc21. The molecule has 1 atom stereocenters. The van der Waals surface area contributed by atoms with Crippen molar-refractivity contribution in [2.45, 2.75) is 33.3 Å². The minimum Gasteiger partial charge on any atom is -0.508 e. The minimum atomic E-state index is -1.01. The molecular weight excluding hydrogens is 240 g/mol. The zero-order valence-corrected chi connectivity index (χ0v) is 12.1. The summed E-state index contributed by atoms with van der Waals surface area (Å²) in [7, 11) is 1.52. The Bertz CT molecular complexity index is 570. The summed E-state index contributed by atoms with van der Waals surface area (Å²) in [6.07, 6.45) is 1.67. The van der Waals surface area contributed by atoms with Gasteiger partial charge in [-0.3, -0.25) is 4.79 Å². The van der Waals surface area contributed by atoms with Crippen LogP contribution in [-0.2, 0) is 15.1 Å². The van der Waals surface area contributed by atoms with Gasteiger partial charge in [0, 0.05) is 12.7 Å². The number of fused-ring (bicyclic) bond motifs is 1. The van der Waals surface area contributed by atoms with Crippen molar-refractivity contribution in [1.82, 2.24) is 0 Å². The number of carbonyl (C=O) groups is 1. The Kier molecular flexibility index (Phi) is 3.27. The molecule has 1 aromatic carbocycles. The fourth-order valence-corrected chi connectivity index (χ4v) is 2.51. The number of phenols is 1. The first-order chi connectivity index (χ1) is 8.81. The van der Waals surface area contributed by atoms with Crippen LogP contribution in [0, 0.1) is 12.8 Å². The number of ether oxygens (including phenoxy) is 1. The Balaban J connectivity index is 2.78. The number of rotatable bonds is 2. The maximum atomic E-state index is 12.3. The van der Waals surface area contributed by atoms with Crippen molar-refractivity contribution in [3.05, 3.63) is 34.9 Å². The highest BCUT2D eigenvalue weighted by Gasteiger charge is 2.40. The molecule has 0 bridgehead atoms. The van der Waals surface area contributed by atoms with E-state index in [0.717, 1.165) is 22.3 Å². The van der Waals surface area contributed by atoms with Gasteiger partial charge >= 0.3 is 0 Å². The summed E-state index contributed by atoms with van der Waals surface area (Å²) in [5.41, 5.74) is 2.53. The normalized spacial score (nSPS) is 22.4. The molecule has 0 heterocycles. The maximum absolute atomic E-state index is 12.3. The summed E-state index contributed by atoms with van der Waals surface area (Å²) in [6.45, 7) is 7.71. The fourth-order valence-electron chi connectivity index (χ4n) is 2.51. The van der Waals surface area contributed by atoms with Crippen LogP contribution in [0.15, 0.2) is 18.2 Å². The molecule has 0 saturated carbocycles. The van der Waals surface area contributed by atoms with E-state index < -0.39 is 5.60 Å². The van der Waals surface area contributed by atoms with Gasteiger partial charge < -0.3 is 9.84 Å². The zero-order valence-electron chi connectivity index (χ0n) is 12.1. The summed E-state index contributed by atoms with van der Waals surface area (Å²) in [6, 6.07) is 3.58. The van der Waals surface area contributed by atoms with Crippen molar-refractivity contribution < 1.29 is 14.6 Å². The van der Waals surface area contributed by atoms with Crippen LogP contribution in [0.25, 0.3) is 5.57 Å². The van der Waals surface area contributed by atoms with E-state index in [1.165, 1.54) is 7.11 Å². The standard InChI is InChI=1S/C16H20O3/c1-9(2)11-7-15(18)16(4,19-5)13-8-14(17)10(3)6-12(11)13/h6-9,17H,1-5H3/t16-/m0/s1. The number of ketones is 1. The molecular formula is C16H20O3. The van der Waals surface area contributed by atoms with Gasteiger partial charge in [-0.25, -0.2) is 0 Å². The van der Waals surface area contributed by atoms with Crippen LogP contribution in [0.1, 0.15) is 37.5 Å². The number of carbonyl (C=O) groups excluding carboxylic acids is 1. The number of aromatic hydroxyl groups is 1. The van der Waals surface area contributed by atoms with Crippen LogP contribution >= 0.6 is 0 Å². The van der Waals surface area contributed by atoms with Gasteiger partial charge in [-0.05, 0) is 54.7 Å². The van der Waals surface area contributed by atoms with Crippen molar-refractivity contribution in [1.29, 1.82) is 0 Å². The molecule has 102 valence electrons. The van der Waals surface area contributed by atoms with Crippen LogP contribution in [-0.4, -0.2) is 18.0 Å². The number of aryl methyl sites for hydroxylation is 1. The largest absolute Gasteiger partial charge is 0.508 e. The first-order valence-electron chi connectivity index (χ1n) is 6.47. The second-order valence-corrected chi connectivity index (χ2v) is 5.54. The summed E-state index contributed by atoms with van der Waals surface area (Å²) in [5.74, 6) is 0.363. The summed E-state index contributed by atoms with van der Waals surface area (Å²) >= 11 is 0.